The molecule has 3 rings (SSSR count). The maximum Gasteiger partial charge on any atom is 0.119 e. The molecule has 1 spiro atoms. The zero-order valence-electron chi connectivity index (χ0n) is 12.2. The van der Waals surface area contributed by atoms with Crippen molar-refractivity contribution in [1.29, 1.82) is 0 Å². The summed E-state index contributed by atoms with van der Waals surface area (Å²) in [6.07, 6.45) is 3.55. The average molecular weight is 386 g/mol. The summed E-state index contributed by atoms with van der Waals surface area (Å²) in [6.45, 7) is 4.61. The van der Waals surface area contributed by atoms with Gasteiger partial charge in [0.15, 0.2) is 0 Å². The Hall–Kier alpha value is -0.330. The van der Waals surface area contributed by atoms with Gasteiger partial charge in [-0.3, -0.25) is 4.90 Å². The lowest BCUT2D eigenvalue weighted by Crippen LogP contribution is -2.45. The second-order valence-electron chi connectivity index (χ2n) is 6.19. The number of hydrogen-bond acceptors (Lipinski definition) is 3. The predicted octanol–water partition coefficient (Wildman–Crippen LogP) is 3.11. The Morgan fingerprint density at radius 1 is 1.40 bits per heavy atom. The monoisotopic (exact) mass is 386 g/mol. The minimum absolute atomic E-state index is 0.166. The Kier molecular flexibility index (Phi) is 3.99. The lowest BCUT2D eigenvalue weighted by atomic mass is 9.73. The number of nitrogens with two attached hydrogens (primary N) is 1. The van der Waals surface area contributed by atoms with Crippen LogP contribution in [0, 0.1) is 5.41 Å². The Bertz CT molecular complexity index is 495. The number of benzene rings is 1. The van der Waals surface area contributed by atoms with Gasteiger partial charge in [0, 0.05) is 6.04 Å². The summed E-state index contributed by atoms with van der Waals surface area (Å²) in [5, 5.41) is 0. The lowest BCUT2D eigenvalue weighted by Gasteiger charge is -2.43. The molecule has 0 aromatic heterocycles. The van der Waals surface area contributed by atoms with Crippen molar-refractivity contribution in [2.45, 2.75) is 36.3 Å². The smallest absolute Gasteiger partial charge is 0.119 e. The van der Waals surface area contributed by atoms with Gasteiger partial charge in [-0.25, -0.2) is 0 Å². The van der Waals surface area contributed by atoms with Crippen LogP contribution >= 0.6 is 22.6 Å². The highest BCUT2D eigenvalue weighted by Crippen LogP contribution is 2.51. The van der Waals surface area contributed by atoms with Crippen molar-refractivity contribution in [3.8, 4) is 5.75 Å². The van der Waals surface area contributed by atoms with E-state index in [1.807, 2.05) is 0 Å². The number of ether oxygens (including phenoxy) is 1. The van der Waals surface area contributed by atoms with Crippen molar-refractivity contribution < 1.29 is 4.74 Å². The van der Waals surface area contributed by atoms with E-state index in [1.54, 1.807) is 7.11 Å². The summed E-state index contributed by atoms with van der Waals surface area (Å²) in [4.78, 5) is 2.56. The van der Waals surface area contributed by atoms with Crippen LogP contribution < -0.4 is 10.5 Å². The van der Waals surface area contributed by atoms with Crippen molar-refractivity contribution in [3.63, 3.8) is 0 Å². The third-order valence-electron chi connectivity index (χ3n) is 5.19. The topological polar surface area (TPSA) is 38.5 Å². The quantitative estimate of drug-likeness (QED) is 0.482. The van der Waals surface area contributed by atoms with E-state index in [4.69, 9.17) is 10.5 Å². The van der Waals surface area contributed by atoms with E-state index in [2.05, 4.69) is 52.6 Å². The van der Waals surface area contributed by atoms with Gasteiger partial charge in [0.05, 0.1) is 11.2 Å². The van der Waals surface area contributed by atoms with Crippen LogP contribution in [0.4, 0.5) is 0 Å². The van der Waals surface area contributed by atoms with Crippen LogP contribution in [0.25, 0.3) is 0 Å². The molecule has 2 atom stereocenters. The standard InChI is InChI=1S/C16H23IN2O/c1-11(17)19-7-5-16(6-8-19)10-12-3-4-13(20-2)9-14(12)15(16)18/h3-4,9,11,15H,5-8,10,18H2,1-2H3/t11?,15-/m0/s1. The third kappa shape index (κ3) is 2.35. The lowest BCUT2D eigenvalue weighted by molar-refractivity contribution is 0.0892. The molecule has 2 N–H and O–H groups in total. The highest BCUT2D eigenvalue weighted by atomic mass is 127. The van der Waals surface area contributed by atoms with Crippen molar-refractivity contribution in [2.24, 2.45) is 11.1 Å². The molecule has 0 bridgehead atoms. The number of hydrogen-bond donors (Lipinski definition) is 1. The summed E-state index contributed by atoms with van der Waals surface area (Å²) in [7, 11) is 1.72. The molecule has 4 heteroatoms. The molecular formula is C16H23IN2O. The summed E-state index contributed by atoms with van der Waals surface area (Å²) < 4.78 is 5.96. The van der Waals surface area contributed by atoms with Crippen molar-refractivity contribution in [2.75, 3.05) is 20.2 Å². The molecule has 20 heavy (non-hydrogen) atoms. The molecule has 1 unspecified atom stereocenters. The van der Waals surface area contributed by atoms with Crippen molar-refractivity contribution >= 4 is 22.6 Å². The number of nitrogens with zero attached hydrogens (tertiary/aromatic N) is 1. The first-order valence-corrected chi connectivity index (χ1v) is 8.61. The average Bonchev–Trinajstić information content (AvgIpc) is 2.72. The van der Waals surface area contributed by atoms with Gasteiger partial charge in [0.2, 0.25) is 0 Å². The molecule has 1 aliphatic heterocycles. The van der Waals surface area contributed by atoms with E-state index in [0.29, 0.717) is 4.05 Å². The fraction of sp³-hybridized carbons (Fsp3) is 0.625. The summed E-state index contributed by atoms with van der Waals surface area (Å²) in [6, 6.07) is 6.57. The molecule has 1 aromatic rings. The molecule has 1 saturated heterocycles. The molecule has 110 valence electrons. The Morgan fingerprint density at radius 3 is 2.70 bits per heavy atom. The number of likely N-dealkylation sites (tertiary alicyclic amines) is 1. The zero-order valence-corrected chi connectivity index (χ0v) is 14.4. The van der Waals surface area contributed by atoms with E-state index in [0.717, 1.165) is 12.2 Å². The van der Waals surface area contributed by atoms with Crippen LogP contribution in [0.2, 0.25) is 0 Å². The largest absolute Gasteiger partial charge is 0.497 e. The first kappa shape index (κ1) is 14.6. The molecule has 1 aromatic carbocycles. The SMILES string of the molecule is COc1ccc2c(c1)[C@H](N)C1(CCN(C(C)I)CC1)C2. The summed E-state index contributed by atoms with van der Waals surface area (Å²) >= 11 is 2.51. The molecule has 1 aliphatic carbocycles. The van der Waals surface area contributed by atoms with Gasteiger partial charge < -0.3 is 10.5 Å². The van der Waals surface area contributed by atoms with E-state index < -0.39 is 0 Å². The van der Waals surface area contributed by atoms with Gasteiger partial charge in [0.25, 0.3) is 0 Å². The fourth-order valence-electron chi connectivity index (χ4n) is 3.78. The van der Waals surface area contributed by atoms with E-state index >= 15 is 0 Å². The van der Waals surface area contributed by atoms with Gasteiger partial charge >= 0.3 is 0 Å². The van der Waals surface area contributed by atoms with Gasteiger partial charge in [-0.05, 0) is 68.0 Å². The van der Waals surface area contributed by atoms with Crippen LogP contribution in [-0.2, 0) is 6.42 Å². The Balaban J connectivity index is 1.81. The van der Waals surface area contributed by atoms with E-state index in [9.17, 15) is 0 Å². The third-order valence-corrected chi connectivity index (χ3v) is 5.98. The minimum Gasteiger partial charge on any atom is -0.497 e. The molecule has 2 aliphatic rings. The number of methoxy groups -OCH3 is 1. The van der Waals surface area contributed by atoms with Crippen molar-refractivity contribution in [3.05, 3.63) is 29.3 Å². The van der Waals surface area contributed by atoms with Gasteiger partial charge in [-0.2, -0.15) is 0 Å². The maximum absolute atomic E-state index is 6.63. The number of halogens is 1. The first-order chi connectivity index (χ1) is 9.55. The van der Waals surface area contributed by atoms with Crippen molar-refractivity contribution in [1.82, 2.24) is 4.90 Å². The molecule has 1 heterocycles. The van der Waals surface area contributed by atoms with Crippen LogP contribution in [0.5, 0.6) is 5.75 Å². The summed E-state index contributed by atoms with van der Waals surface area (Å²) in [5.41, 5.74) is 9.63. The Labute approximate surface area is 135 Å². The van der Waals surface area contributed by atoms with Gasteiger partial charge in [0.1, 0.15) is 5.75 Å². The van der Waals surface area contributed by atoms with Crippen LogP contribution in [0.3, 0.4) is 0 Å². The second kappa shape index (κ2) is 5.46. The maximum atomic E-state index is 6.63. The highest BCUT2D eigenvalue weighted by molar-refractivity contribution is 14.1. The first-order valence-electron chi connectivity index (χ1n) is 7.36. The van der Waals surface area contributed by atoms with Crippen LogP contribution in [0.15, 0.2) is 18.2 Å². The van der Waals surface area contributed by atoms with Gasteiger partial charge in [-0.1, -0.05) is 28.7 Å². The van der Waals surface area contributed by atoms with E-state index in [-0.39, 0.29) is 11.5 Å². The number of fused-ring (bicyclic) bond motifs is 1. The van der Waals surface area contributed by atoms with Gasteiger partial charge in [-0.15, -0.1) is 0 Å². The number of rotatable bonds is 2. The zero-order chi connectivity index (χ0) is 14.3. The number of alkyl halides is 1. The molecule has 1 fully saturated rings. The number of piperidine rings is 1. The molecular weight excluding hydrogens is 363 g/mol. The van der Waals surface area contributed by atoms with E-state index in [1.165, 1.54) is 37.1 Å². The molecule has 3 nitrogen and oxygen atoms in total. The fourth-order valence-corrected chi connectivity index (χ4v) is 4.34. The molecule has 0 radical (unpaired) electrons. The summed E-state index contributed by atoms with van der Waals surface area (Å²) in [5.74, 6) is 0.926. The predicted molar refractivity (Wildman–Crippen MR) is 90.3 cm³/mol. The van der Waals surface area contributed by atoms with Crippen LogP contribution in [0.1, 0.15) is 36.9 Å². The second-order valence-corrected chi connectivity index (χ2v) is 7.99. The van der Waals surface area contributed by atoms with Crippen LogP contribution in [-0.4, -0.2) is 29.1 Å². The normalized spacial score (nSPS) is 26.5. The molecule has 0 amide bonds. The highest BCUT2D eigenvalue weighted by Gasteiger charge is 2.46. The molecule has 0 saturated carbocycles. The minimum atomic E-state index is 0.166. The Morgan fingerprint density at radius 2 is 2.10 bits per heavy atom.